The number of aromatic nitrogens is 2. The first kappa shape index (κ1) is 9.75. The predicted octanol–water partition coefficient (Wildman–Crippen LogP) is 3.19. The number of nitrogens with one attached hydrogen (secondary N) is 1. The molecule has 0 unspecified atom stereocenters. The number of alkyl halides is 3. The fourth-order valence-electron chi connectivity index (χ4n) is 1.24. The molecule has 2 rings (SSSR count). The molecule has 0 saturated carbocycles. The van der Waals surface area contributed by atoms with Crippen LogP contribution in [0.5, 0.6) is 0 Å². The highest BCUT2D eigenvalue weighted by atomic mass is 127. The molecule has 0 aliphatic carbocycles. The summed E-state index contributed by atoms with van der Waals surface area (Å²) in [7, 11) is 0. The molecule has 6 heteroatoms. The molecule has 2 aromatic rings. The molecule has 74 valence electrons. The second-order valence-corrected chi connectivity index (χ2v) is 4.03. The molecule has 1 N–H and O–H groups in total. The fourth-order valence-corrected chi connectivity index (χ4v) is 1.89. The van der Waals surface area contributed by atoms with Gasteiger partial charge in [0.2, 0.25) is 0 Å². The average Bonchev–Trinajstić information content (AvgIpc) is 2.47. The molecule has 0 aliphatic heterocycles. The predicted molar refractivity (Wildman–Crippen MR) is 53.8 cm³/mol. The van der Waals surface area contributed by atoms with Crippen molar-refractivity contribution in [3.63, 3.8) is 0 Å². The third-order valence-electron chi connectivity index (χ3n) is 1.82. The first-order valence-electron chi connectivity index (χ1n) is 3.68. The molecular weight excluding hydrogens is 308 g/mol. The van der Waals surface area contributed by atoms with Gasteiger partial charge in [-0.15, -0.1) is 0 Å². The van der Waals surface area contributed by atoms with Crippen LogP contribution in [-0.2, 0) is 6.18 Å². The van der Waals surface area contributed by atoms with Crippen LogP contribution in [0, 0.1) is 3.57 Å². The van der Waals surface area contributed by atoms with Crippen molar-refractivity contribution in [2.75, 3.05) is 0 Å². The van der Waals surface area contributed by atoms with Crippen LogP contribution in [0.25, 0.3) is 10.9 Å². The van der Waals surface area contributed by atoms with E-state index in [0.717, 1.165) is 6.07 Å². The molecule has 14 heavy (non-hydrogen) atoms. The van der Waals surface area contributed by atoms with Gasteiger partial charge in [-0.05, 0) is 34.7 Å². The van der Waals surface area contributed by atoms with Gasteiger partial charge in [-0.25, -0.2) is 0 Å². The third kappa shape index (κ3) is 1.58. The molecule has 1 aromatic carbocycles. The summed E-state index contributed by atoms with van der Waals surface area (Å²) in [5, 5.41) is 6.41. The molecule has 2 nitrogen and oxygen atoms in total. The number of hydrogen-bond acceptors (Lipinski definition) is 1. The largest absolute Gasteiger partial charge is 0.418 e. The standard InChI is InChI=1S/C8H4F3IN2/c9-8(10,11)6-2-5(12)1-4-3-13-14-7(4)6/h1-3H,(H,13,14). The number of benzene rings is 1. The molecule has 1 aromatic heterocycles. The van der Waals surface area contributed by atoms with Crippen molar-refractivity contribution in [3.8, 4) is 0 Å². The minimum absolute atomic E-state index is 0.0397. The van der Waals surface area contributed by atoms with Crippen LogP contribution in [0.15, 0.2) is 18.3 Å². The fraction of sp³-hybridized carbons (Fsp3) is 0.125. The minimum Gasteiger partial charge on any atom is -0.277 e. The molecule has 0 fully saturated rings. The van der Waals surface area contributed by atoms with Crippen LogP contribution in [0.4, 0.5) is 13.2 Å². The monoisotopic (exact) mass is 312 g/mol. The van der Waals surface area contributed by atoms with Crippen molar-refractivity contribution >= 4 is 33.5 Å². The van der Waals surface area contributed by atoms with Gasteiger partial charge in [0.25, 0.3) is 0 Å². The Morgan fingerprint density at radius 3 is 2.64 bits per heavy atom. The number of nitrogens with zero attached hydrogens (tertiary/aromatic N) is 1. The van der Waals surface area contributed by atoms with Crippen LogP contribution >= 0.6 is 22.6 Å². The van der Waals surface area contributed by atoms with E-state index in [2.05, 4.69) is 10.2 Å². The van der Waals surface area contributed by atoms with Crippen LogP contribution < -0.4 is 0 Å². The zero-order valence-electron chi connectivity index (χ0n) is 6.69. The molecule has 0 spiro atoms. The summed E-state index contributed by atoms with van der Waals surface area (Å²) in [6, 6.07) is 2.75. The summed E-state index contributed by atoms with van der Waals surface area (Å²) in [6.45, 7) is 0. The lowest BCUT2D eigenvalue weighted by Gasteiger charge is -2.07. The van der Waals surface area contributed by atoms with Crippen LogP contribution in [0.1, 0.15) is 5.56 Å². The molecule has 0 radical (unpaired) electrons. The zero-order valence-corrected chi connectivity index (χ0v) is 8.85. The Kier molecular flexibility index (Phi) is 2.17. The van der Waals surface area contributed by atoms with Gasteiger partial charge in [0.1, 0.15) is 0 Å². The minimum atomic E-state index is -4.34. The number of H-pyrrole nitrogens is 1. The molecular formula is C8H4F3IN2. The SMILES string of the molecule is FC(F)(F)c1cc(I)cc2cn[nH]c12. The van der Waals surface area contributed by atoms with Crippen molar-refractivity contribution < 1.29 is 13.2 Å². The van der Waals surface area contributed by atoms with E-state index in [-0.39, 0.29) is 5.52 Å². The molecule has 0 saturated heterocycles. The topological polar surface area (TPSA) is 28.7 Å². The second kappa shape index (κ2) is 3.11. The van der Waals surface area contributed by atoms with E-state index in [9.17, 15) is 13.2 Å². The van der Waals surface area contributed by atoms with E-state index in [1.807, 2.05) is 22.6 Å². The summed E-state index contributed by atoms with van der Waals surface area (Å²) in [6.07, 6.45) is -2.96. The maximum absolute atomic E-state index is 12.5. The van der Waals surface area contributed by atoms with E-state index in [1.165, 1.54) is 6.20 Å². The van der Waals surface area contributed by atoms with Crippen molar-refractivity contribution in [2.45, 2.75) is 6.18 Å². The summed E-state index contributed by atoms with van der Waals surface area (Å²) in [5.41, 5.74) is -0.630. The number of aromatic amines is 1. The Morgan fingerprint density at radius 1 is 1.29 bits per heavy atom. The Morgan fingerprint density at radius 2 is 2.00 bits per heavy atom. The molecule has 0 atom stereocenters. The van der Waals surface area contributed by atoms with Gasteiger partial charge in [0, 0.05) is 8.96 Å². The van der Waals surface area contributed by atoms with Gasteiger partial charge in [0.05, 0.1) is 17.3 Å². The zero-order chi connectivity index (χ0) is 10.3. The van der Waals surface area contributed by atoms with Crippen LogP contribution in [0.2, 0.25) is 0 Å². The quantitative estimate of drug-likeness (QED) is 0.744. The van der Waals surface area contributed by atoms with E-state index in [0.29, 0.717) is 8.96 Å². The lowest BCUT2D eigenvalue weighted by molar-refractivity contribution is -0.136. The maximum atomic E-state index is 12.5. The maximum Gasteiger partial charge on any atom is 0.418 e. The van der Waals surface area contributed by atoms with E-state index < -0.39 is 11.7 Å². The Bertz CT molecular complexity index is 475. The summed E-state index contributed by atoms with van der Waals surface area (Å²) in [4.78, 5) is 0. The smallest absolute Gasteiger partial charge is 0.277 e. The molecule has 0 bridgehead atoms. The van der Waals surface area contributed by atoms with Crippen LogP contribution in [0.3, 0.4) is 0 Å². The number of fused-ring (bicyclic) bond motifs is 1. The van der Waals surface area contributed by atoms with Gasteiger partial charge >= 0.3 is 6.18 Å². The first-order chi connectivity index (χ1) is 6.48. The van der Waals surface area contributed by atoms with Gasteiger partial charge in [-0.1, -0.05) is 0 Å². The number of halogens is 4. The molecule has 1 heterocycles. The Hall–Kier alpha value is -0.790. The lowest BCUT2D eigenvalue weighted by atomic mass is 10.1. The molecule has 0 amide bonds. The third-order valence-corrected chi connectivity index (χ3v) is 2.44. The Balaban J connectivity index is 2.80. The van der Waals surface area contributed by atoms with Crippen molar-refractivity contribution in [2.24, 2.45) is 0 Å². The van der Waals surface area contributed by atoms with Gasteiger partial charge in [0.15, 0.2) is 0 Å². The van der Waals surface area contributed by atoms with Gasteiger partial charge in [-0.2, -0.15) is 18.3 Å². The summed E-state index contributed by atoms with van der Waals surface area (Å²) in [5.74, 6) is 0. The first-order valence-corrected chi connectivity index (χ1v) is 4.76. The number of rotatable bonds is 0. The Labute approximate surface area is 90.6 Å². The van der Waals surface area contributed by atoms with Crippen LogP contribution in [-0.4, -0.2) is 10.2 Å². The summed E-state index contributed by atoms with van der Waals surface area (Å²) >= 11 is 1.85. The number of hydrogen-bond donors (Lipinski definition) is 1. The highest BCUT2D eigenvalue weighted by molar-refractivity contribution is 14.1. The highest BCUT2D eigenvalue weighted by Crippen LogP contribution is 2.34. The van der Waals surface area contributed by atoms with Gasteiger partial charge in [-0.3, -0.25) is 5.10 Å². The van der Waals surface area contributed by atoms with Gasteiger partial charge < -0.3 is 0 Å². The van der Waals surface area contributed by atoms with Crippen molar-refractivity contribution in [1.29, 1.82) is 0 Å². The van der Waals surface area contributed by atoms with E-state index >= 15 is 0 Å². The van der Waals surface area contributed by atoms with Crippen molar-refractivity contribution in [1.82, 2.24) is 10.2 Å². The molecule has 0 aliphatic rings. The summed E-state index contributed by atoms with van der Waals surface area (Å²) < 4.78 is 38.1. The normalized spacial score (nSPS) is 12.3. The highest BCUT2D eigenvalue weighted by Gasteiger charge is 2.33. The lowest BCUT2D eigenvalue weighted by Crippen LogP contribution is -2.06. The van der Waals surface area contributed by atoms with E-state index in [4.69, 9.17) is 0 Å². The average molecular weight is 312 g/mol. The van der Waals surface area contributed by atoms with Crippen molar-refractivity contribution in [3.05, 3.63) is 27.5 Å². The second-order valence-electron chi connectivity index (χ2n) is 2.79. The van der Waals surface area contributed by atoms with E-state index in [1.54, 1.807) is 6.07 Å².